The van der Waals surface area contributed by atoms with E-state index in [2.05, 4.69) is 10.6 Å². The average molecular weight is 301 g/mol. The number of benzene rings is 1. The van der Waals surface area contributed by atoms with E-state index in [9.17, 15) is 4.79 Å². The molecule has 1 aromatic rings. The first kappa shape index (κ1) is 16.8. The lowest BCUT2D eigenvalue weighted by atomic mass is 10.2. The molecule has 0 aromatic heterocycles. The number of carbonyl (C=O) groups excluding carboxylic acids is 1. The van der Waals surface area contributed by atoms with E-state index in [1.54, 1.807) is 20.1 Å². The number of methoxy groups -OCH3 is 1. The highest BCUT2D eigenvalue weighted by molar-refractivity contribution is 6.32. The molecule has 1 unspecified atom stereocenters. The van der Waals surface area contributed by atoms with Crippen LogP contribution in [0.5, 0.6) is 5.75 Å². The van der Waals surface area contributed by atoms with E-state index in [-0.39, 0.29) is 5.91 Å². The zero-order chi connectivity index (χ0) is 15.0. The Hall–Kier alpha value is -1.30. The van der Waals surface area contributed by atoms with Crippen LogP contribution >= 0.6 is 11.6 Å². The SMILES string of the molecule is CNCc1ccc(OC(C)C(=O)NCCOC)c(Cl)c1. The molecule has 0 radical (unpaired) electrons. The van der Waals surface area contributed by atoms with Crippen molar-refractivity contribution in [2.45, 2.75) is 19.6 Å². The quantitative estimate of drug-likeness (QED) is 0.716. The van der Waals surface area contributed by atoms with Crippen molar-refractivity contribution in [1.82, 2.24) is 10.6 Å². The topological polar surface area (TPSA) is 59.6 Å². The highest BCUT2D eigenvalue weighted by atomic mass is 35.5. The molecule has 0 spiro atoms. The van der Waals surface area contributed by atoms with Gasteiger partial charge in [0.1, 0.15) is 5.75 Å². The number of ether oxygens (including phenoxy) is 2. The van der Waals surface area contributed by atoms with Crippen LogP contribution in [-0.4, -0.2) is 39.3 Å². The Balaban J connectivity index is 2.56. The Morgan fingerprint density at radius 1 is 1.45 bits per heavy atom. The minimum absolute atomic E-state index is 0.197. The molecule has 0 heterocycles. The molecule has 0 aliphatic rings. The predicted molar refractivity (Wildman–Crippen MR) is 79.2 cm³/mol. The van der Waals surface area contributed by atoms with Gasteiger partial charge in [0.15, 0.2) is 6.10 Å². The second kappa shape index (κ2) is 8.79. The number of hydrogen-bond donors (Lipinski definition) is 2. The molecule has 1 aromatic carbocycles. The van der Waals surface area contributed by atoms with Gasteiger partial charge in [-0.3, -0.25) is 4.79 Å². The fraction of sp³-hybridized carbons (Fsp3) is 0.500. The van der Waals surface area contributed by atoms with Crippen molar-refractivity contribution >= 4 is 17.5 Å². The maximum Gasteiger partial charge on any atom is 0.260 e. The van der Waals surface area contributed by atoms with Gasteiger partial charge < -0.3 is 20.1 Å². The fourth-order valence-electron chi connectivity index (χ4n) is 1.62. The molecule has 1 atom stereocenters. The lowest BCUT2D eigenvalue weighted by molar-refractivity contribution is -0.127. The van der Waals surface area contributed by atoms with Gasteiger partial charge in [-0.05, 0) is 31.7 Å². The summed E-state index contributed by atoms with van der Waals surface area (Å²) in [6.45, 7) is 3.34. The molecule has 0 aliphatic carbocycles. The van der Waals surface area contributed by atoms with Crippen LogP contribution in [0.2, 0.25) is 5.02 Å². The van der Waals surface area contributed by atoms with Gasteiger partial charge in [0, 0.05) is 20.2 Å². The van der Waals surface area contributed by atoms with Crippen LogP contribution < -0.4 is 15.4 Å². The predicted octanol–water partition coefficient (Wildman–Crippen LogP) is 1.59. The first-order chi connectivity index (χ1) is 9.58. The summed E-state index contributed by atoms with van der Waals surface area (Å²) in [6.07, 6.45) is -0.612. The second-order valence-electron chi connectivity index (χ2n) is 4.34. The second-order valence-corrected chi connectivity index (χ2v) is 4.75. The van der Waals surface area contributed by atoms with Crippen LogP contribution in [-0.2, 0) is 16.1 Å². The van der Waals surface area contributed by atoms with E-state index in [1.165, 1.54) is 0 Å². The lowest BCUT2D eigenvalue weighted by Gasteiger charge is -2.16. The zero-order valence-electron chi connectivity index (χ0n) is 12.0. The maximum atomic E-state index is 11.8. The number of nitrogens with one attached hydrogen (secondary N) is 2. The van der Waals surface area contributed by atoms with Gasteiger partial charge in [-0.15, -0.1) is 0 Å². The Bertz CT molecular complexity index is 440. The van der Waals surface area contributed by atoms with Crippen molar-refractivity contribution in [3.63, 3.8) is 0 Å². The molecule has 0 fully saturated rings. The summed E-state index contributed by atoms with van der Waals surface area (Å²) in [7, 11) is 3.45. The highest BCUT2D eigenvalue weighted by Crippen LogP contribution is 2.26. The van der Waals surface area contributed by atoms with Gasteiger partial charge in [-0.1, -0.05) is 17.7 Å². The van der Waals surface area contributed by atoms with Crippen LogP contribution in [0.1, 0.15) is 12.5 Å². The lowest BCUT2D eigenvalue weighted by Crippen LogP contribution is -2.37. The molecule has 5 nitrogen and oxygen atoms in total. The Morgan fingerprint density at radius 3 is 2.80 bits per heavy atom. The van der Waals surface area contributed by atoms with Crippen molar-refractivity contribution in [1.29, 1.82) is 0 Å². The molecule has 112 valence electrons. The number of hydrogen-bond acceptors (Lipinski definition) is 4. The third-order valence-electron chi connectivity index (χ3n) is 2.66. The van der Waals surface area contributed by atoms with Gasteiger partial charge in [-0.25, -0.2) is 0 Å². The first-order valence-electron chi connectivity index (χ1n) is 6.44. The Labute approximate surface area is 124 Å². The Kier molecular flexibility index (Phi) is 7.36. The molecule has 6 heteroatoms. The van der Waals surface area contributed by atoms with Gasteiger partial charge in [-0.2, -0.15) is 0 Å². The molecule has 0 aliphatic heterocycles. The molecule has 0 bridgehead atoms. The van der Waals surface area contributed by atoms with E-state index >= 15 is 0 Å². The Morgan fingerprint density at radius 2 is 2.20 bits per heavy atom. The molecule has 2 N–H and O–H groups in total. The van der Waals surface area contributed by atoms with E-state index in [0.717, 1.165) is 12.1 Å². The standard InChI is InChI=1S/C14H21ClN2O3/c1-10(14(18)17-6-7-19-3)20-13-5-4-11(9-16-2)8-12(13)15/h4-5,8,10,16H,6-7,9H2,1-3H3,(H,17,18). The summed E-state index contributed by atoms with van der Waals surface area (Å²) >= 11 is 6.14. The molecule has 0 saturated carbocycles. The number of carbonyl (C=O) groups is 1. The highest BCUT2D eigenvalue weighted by Gasteiger charge is 2.15. The van der Waals surface area contributed by atoms with Gasteiger partial charge in [0.2, 0.25) is 0 Å². The molecule has 20 heavy (non-hydrogen) atoms. The van der Waals surface area contributed by atoms with Crippen molar-refractivity contribution in [3.8, 4) is 5.75 Å². The van der Waals surface area contributed by atoms with Crippen LogP contribution in [0, 0.1) is 0 Å². The average Bonchev–Trinajstić information content (AvgIpc) is 2.42. The summed E-state index contributed by atoms with van der Waals surface area (Å²) in [5.41, 5.74) is 1.06. The van der Waals surface area contributed by atoms with Crippen molar-refractivity contribution in [2.24, 2.45) is 0 Å². The number of halogens is 1. The van der Waals surface area contributed by atoms with Crippen LogP contribution in [0.15, 0.2) is 18.2 Å². The summed E-state index contributed by atoms with van der Waals surface area (Å²) in [5, 5.41) is 6.25. The molecule has 1 rings (SSSR count). The van der Waals surface area contributed by atoms with Crippen molar-refractivity contribution in [3.05, 3.63) is 28.8 Å². The molecular formula is C14H21ClN2O3. The smallest absolute Gasteiger partial charge is 0.260 e. The largest absolute Gasteiger partial charge is 0.479 e. The van der Waals surface area contributed by atoms with Gasteiger partial charge >= 0.3 is 0 Å². The fourth-order valence-corrected chi connectivity index (χ4v) is 1.87. The zero-order valence-corrected chi connectivity index (χ0v) is 12.8. The summed E-state index contributed by atoms with van der Waals surface area (Å²) in [4.78, 5) is 11.8. The molecule has 0 saturated heterocycles. The van der Waals surface area contributed by atoms with Gasteiger partial charge in [0.25, 0.3) is 5.91 Å². The third-order valence-corrected chi connectivity index (χ3v) is 2.95. The number of rotatable bonds is 8. The number of amides is 1. The van der Waals surface area contributed by atoms with Crippen LogP contribution in [0.4, 0.5) is 0 Å². The summed E-state index contributed by atoms with van der Waals surface area (Å²) in [6, 6.07) is 5.50. The van der Waals surface area contributed by atoms with E-state index in [1.807, 2.05) is 19.2 Å². The normalized spacial score (nSPS) is 12.0. The maximum absolute atomic E-state index is 11.8. The van der Waals surface area contributed by atoms with Crippen molar-refractivity contribution < 1.29 is 14.3 Å². The summed E-state index contributed by atoms with van der Waals surface area (Å²) in [5.74, 6) is 0.304. The van der Waals surface area contributed by atoms with Crippen molar-refractivity contribution in [2.75, 3.05) is 27.3 Å². The van der Waals surface area contributed by atoms with Crippen LogP contribution in [0.3, 0.4) is 0 Å². The first-order valence-corrected chi connectivity index (χ1v) is 6.82. The minimum atomic E-state index is -0.612. The summed E-state index contributed by atoms with van der Waals surface area (Å²) < 4.78 is 10.4. The minimum Gasteiger partial charge on any atom is -0.479 e. The van der Waals surface area contributed by atoms with E-state index in [0.29, 0.717) is 23.9 Å². The molecule has 1 amide bonds. The van der Waals surface area contributed by atoms with Crippen LogP contribution in [0.25, 0.3) is 0 Å². The monoisotopic (exact) mass is 300 g/mol. The van der Waals surface area contributed by atoms with E-state index in [4.69, 9.17) is 21.1 Å². The van der Waals surface area contributed by atoms with Gasteiger partial charge in [0.05, 0.1) is 11.6 Å². The third kappa shape index (κ3) is 5.36. The van der Waals surface area contributed by atoms with E-state index < -0.39 is 6.10 Å². The molecular weight excluding hydrogens is 280 g/mol.